The molecular formula is C39H45NO9. The Hall–Kier alpha value is -3.19. The summed E-state index contributed by atoms with van der Waals surface area (Å²) in [6.45, 7) is 8.90. The second kappa shape index (κ2) is 13.2. The first-order valence-corrected chi connectivity index (χ1v) is 17.3. The normalized spacial score (nSPS) is 35.4. The second-order valence-corrected chi connectivity index (χ2v) is 14.5. The van der Waals surface area contributed by atoms with Gasteiger partial charge in [-0.2, -0.15) is 0 Å². The molecule has 0 N–H and O–H groups in total. The van der Waals surface area contributed by atoms with Gasteiger partial charge in [0.25, 0.3) is 0 Å². The zero-order valence-electron chi connectivity index (χ0n) is 28.4. The molecule has 5 fully saturated rings. The highest BCUT2D eigenvalue weighted by Gasteiger charge is 2.71. The van der Waals surface area contributed by atoms with Crippen LogP contribution in [0.1, 0.15) is 44.4 Å². The number of fused-ring (bicyclic) bond motifs is 4. The maximum Gasteiger partial charge on any atom is 0.231 e. The van der Waals surface area contributed by atoms with Crippen LogP contribution in [0.3, 0.4) is 0 Å². The monoisotopic (exact) mass is 671 g/mol. The smallest absolute Gasteiger partial charge is 0.231 e. The van der Waals surface area contributed by atoms with E-state index in [1.807, 2.05) is 124 Å². The highest BCUT2D eigenvalue weighted by atomic mass is 16.9. The predicted molar refractivity (Wildman–Crippen MR) is 177 cm³/mol. The molecule has 0 saturated carbocycles. The lowest BCUT2D eigenvalue weighted by atomic mass is 9.77. The molecule has 5 saturated heterocycles. The van der Waals surface area contributed by atoms with E-state index in [1.165, 1.54) is 0 Å². The summed E-state index contributed by atoms with van der Waals surface area (Å²) in [6, 6.07) is 29.4. The first-order chi connectivity index (χ1) is 23.7. The largest absolute Gasteiger partial charge is 0.375 e. The van der Waals surface area contributed by atoms with Crippen molar-refractivity contribution < 1.29 is 42.7 Å². The van der Waals surface area contributed by atoms with Crippen LogP contribution in [0.2, 0.25) is 0 Å². The molecule has 0 unspecified atom stereocenters. The lowest BCUT2D eigenvalue weighted by Gasteiger charge is -2.52. The molecule has 260 valence electrons. The van der Waals surface area contributed by atoms with E-state index in [4.69, 9.17) is 37.9 Å². The lowest BCUT2D eigenvalue weighted by molar-refractivity contribution is -0.259. The van der Waals surface area contributed by atoms with Crippen molar-refractivity contribution in [3.8, 4) is 0 Å². The van der Waals surface area contributed by atoms with Crippen LogP contribution in [0, 0.1) is 5.92 Å². The topological polar surface area (TPSA) is 94.2 Å². The molecule has 1 amide bonds. The quantitative estimate of drug-likeness (QED) is 0.262. The fourth-order valence-corrected chi connectivity index (χ4v) is 8.12. The Bertz CT molecular complexity index is 1590. The van der Waals surface area contributed by atoms with E-state index in [0.717, 1.165) is 16.7 Å². The van der Waals surface area contributed by atoms with E-state index >= 15 is 0 Å². The number of carbonyl (C=O) groups excluding carboxylic acids is 1. The molecule has 5 aliphatic heterocycles. The molecule has 5 heterocycles. The molecule has 0 aliphatic carbocycles. The third-order valence-corrected chi connectivity index (χ3v) is 10.1. The molecule has 0 spiro atoms. The summed E-state index contributed by atoms with van der Waals surface area (Å²) in [5.74, 6) is -2.39. The summed E-state index contributed by atoms with van der Waals surface area (Å²) >= 11 is 0. The van der Waals surface area contributed by atoms with Gasteiger partial charge in [-0.3, -0.25) is 4.79 Å². The lowest BCUT2D eigenvalue weighted by Crippen LogP contribution is -2.71. The number of ether oxygens (including phenoxy) is 8. The number of nitrogens with zero attached hydrogens (tertiary/aromatic N) is 1. The maximum absolute atomic E-state index is 14.5. The number of carbonyl (C=O) groups is 1. The summed E-state index contributed by atoms with van der Waals surface area (Å²) in [5, 5.41) is 0. The maximum atomic E-state index is 14.5. The Morgan fingerprint density at radius 1 is 0.612 bits per heavy atom. The van der Waals surface area contributed by atoms with Crippen LogP contribution in [0.15, 0.2) is 91.0 Å². The standard InChI is InChI=1S/C39H45NO9/c1-38(2)46-33-31(45-37-35(34(33)47-38)48-39(3,4)49-37)28-29-32(44-22-26-18-12-7-13-19-26)30(43-21-25-16-10-6-11-17-25)27(40(29)36(28)41)23-42-20-24-14-8-5-9-15-24/h5-19,27-35,37H,20-23H2,1-4H3/t27-,28+,29-,30-,31+,32-,33-,34-,35+,37+/m0/s1. The Balaban J connectivity index is 1.11. The number of benzene rings is 3. The molecule has 3 aromatic rings. The van der Waals surface area contributed by atoms with Crippen molar-refractivity contribution >= 4 is 5.91 Å². The Kier molecular flexibility index (Phi) is 8.86. The zero-order chi connectivity index (χ0) is 33.8. The fraction of sp³-hybridized carbons (Fsp3) is 0.513. The van der Waals surface area contributed by atoms with Gasteiger partial charge in [-0.25, -0.2) is 0 Å². The Morgan fingerprint density at radius 3 is 1.69 bits per heavy atom. The molecule has 0 bridgehead atoms. The first-order valence-electron chi connectivity index (χ1n) is 17.3. The molecule has 10 nitrogen and oxygen atoms in total. The van der Waals surface area contributed by atoms with Gasteiger partial charge in [0.2, 0.25) is 5.91 Å². The average molecular weight is 672 g/mol. The minimum absolute atomic E-state index is 0.0499. The first kappa shape index (κ1) is 33.0. The van der Waals surface area contributed by atoms with Crippen molar-refractivity contribution in [1.29, 1.82) is 0 Å². The summed E-state index contributed by atoms with van der Waals surface area (Å²) in [6.07, 6.45) is -3.79. The Labute approximate surface area is 287 Å². The van der Waals surface area contributed by atoms with Crippen molar-refractivity contribution in [2.75, 3.05) is 6.61 Å². The number of hydrogen-bond acceptors (Lipinski definition) is 9. The molecule has 0 aromatic heterocycles. The van der Waals surface area contributed by atoms with Crippen molar-refractivity contribution in [2.45, 2.75) is 114 Å². The second-order valence-electron chi connectivity index (χ2n) is 14.5. The van der Waals surface area contributed by atoms with Gasteiger partial charge < -0.3 is 42.8 Å². The van der Waals surface area contributed by atoms with Gasteiger partial charge in [0.05, 0.1) is 44.4 Å². The van der Waals surface area contributed by atoms with Gasteiger partial charge in [-0.1, -0.05) is 91.0 Å². The van der Waals surface area contributed by atoms with Gasteiger partial charge in [-0.05, 0) is 44.4 Å². The number of β-lactam (4-membered cyclic amide) rings is 1. The van der Waals surface area contributed by atoms with Crippen molar-refractivity contribution in [1.82, 2.24) is 4.90 Å². The molecule has 10 heteroatoms. The van der Waals surface area contributed by atoms with Crippen LogP contribution in [-0.2, 0) is 62.5 Å². The minimum atomic E-state index is -0.886. The summed E-state index contributed by atoms with van der Waals surface area (Å²) < 4.78 is 51.9. The number of rotatable bonds is 11. The molecular weight excluding hydrogens is 626 g/mol. The van der Waals surface area contributed by atoms with Gasteiger partial charge in [0.15, 0.2) is 17.9 Å². The van der Waals surface area contributed by atoms with Crippen LogP contribution < -0.4 is 0 Å². The van der Waals surface area contributed by atoms with Crippen LogP contribution in [0.25, 0.3) is 0 Å². The van der Waals surface area contributed by atoms with E-state index in [2.05, 4.69) is 0 Å². The highest BCUT2D eigenvalue weighted by molar-refractivity contribution is 5.88. The average Bonchev–Trinajstić information content (AvgIpc) is 3.69. The van der Waals surface area contributed by atoms with Crippen molar-refractivity contribution in [3.05, 3.63) is 108 Å². The van der Waals surface area contributed by atoms with Crippen LogP contribution >= 0.6 is 0 Å². The van der Waals surface area contributed by atoms with E-state index in [1.54, 1.807) is 0 Å². The van der Waals surface area contributed by atoms with Gasteiger partial charge >= 0.3 is 0 Å². The zero-order valence-corrected chi connectivity index (χ0v) is 28.4. The molecule has 8 rings (SSSR count). The molecule has 49 heavy (non-hydrogen) atoms. The Morgan fingerprint density at radius 2 is 1.10 bits per heavy atom. The van der Waals surface area contributed by atoms with E-state index < -0.39 is 60.4 Å². The fourth-order valence-electron chi connectivity index (χ4n) is 8.12. The SMILES string of the molecule is CC1(C)O[C@@H]2[C@H](O1)[C@H]1OC(C)(C)O[C@H]1O[C@@H]2[C@@H]1C(=O)N2[C@@H]1[C@H](OCc1ccccc1)[C@@H](OCc1ccccc1)[C@@H]2COCc1ccccc1. The van der Waals surface area contributed by atoms with Crippen LogP contribution in [0.4, 0.5) is 0 Å². The number of hydrogen-bond donors (Lipinski definition) is 0. The summed E-state index contributed by atoms with van der Waals surface area (Å²) in [7, 11) is 0. The van der Waals surface area contributed by atoms with Crippen LogP contribution in [-0.4, -0.2) is 84.0 Å². The van der Waals surface area contributed by atoms with Gasteiger partial charge in [0.1, 0.15) is 36.6 Å². The van der Waals surface area contributed by atoms with Gasteiger partial charge in [0, 0.05) is 0 Å². The van der Waals surface area contributed by atoms with Crippen molar-refractivity contribution in [3.63, 3.8) is 0 Å². The van der Waals surface area contributed by atoms with Crippen LogP contribution in [0.5, 0.6) is 0 Å². The van der Waals surface area contributed by atoms with E-state index in [0.29, 0.717) is 19.8 Å². The molecule has 3 aromatic carbocycles. The van der Waals surface area contributed by atoms with Crippen molar-refractivity contribution in [2.24, 2.45) is 5.92 Å². The highest BCUT2D eigenvalue weighted by Crippen LogP contribution is 2.52. The molecule has 10 atom stereocenters. The third-order valence-electron chi connectivity index (χ3n) is 10.1. The van der Waals surface area contributed by atoms with E-state index in [9.17, 15) is 4.79 Å². The number of amides is 1. The van der Waals surface area contributed by atoms with E-state index in [-0.39, 0.29) is 24.6 Å². The predicted octanol–water partition coefficient (Wildman–Crippen LogP) is 4.98. The molecule has 5 aliphatic rings. The summed E-state index contributed by atoms with van der Waals surface area (Å²) in [4.78, 5) is 16.4. The molecule has 0 radical (unpaired) electrons. The summed E-state index contributed by atoms with van der Waals surface area (Å²) in [5.41, 5.74) is 3.13. The minimum Gasteiger partial charge on any atom is -0.375 e. The van der Waals surface area contributed by atoms with Gasteiger partial charge in [-0.15, -0.1) is 0 Å². The third kappa shape index (κ3) is 6.45.